The van der Waals surface area contributed by atoms with Crippen molar-refractivity contribution in [3.63, 3.8) is 0 Å². The highest BCUT2D eigenvalue weighted by Crippen LogP contribution is 2.34. The zero-order valence-electron chi connectivity index (χ0n) is 20.4. The third-order valence-corrected chi connectivity index (χ3v) is 7.37. The van der Waals surface area contributed by atoms with E-state index in [2.05, 4.69) is 16.4 Å². The van der Waals surface area contributed by atoms with E-state index in [1.54, 1.807) is 31.4 Å². The van der Waals surface area contributed by atoms with E-state index in [0.29, 0.717) is 35.2 Å². The van der Waals surface area contributed by atoms with Crippen LogP contribution in [0, 0.1) is 23.1 Å². The van der Waals surface area contributed by atoms with Crippen LogP contribution in [-0.4, -0.2) is 47.2 Å². The summed E-state index contributed by atoms with van der Waals surface area (Å²) in [5.74, 6) is -0.998. The molecule has 3 aromatic rings. The predicted molar refractivity (Wildman–Crippen MR) is 133 cm³/mol. The standard InChI is InChI=1S/C28H27FN4O4/c1-37-25-10-4-8-22-20(25)14-23(32-22)28(36)33-12-11-18-19(6-3-7-21(18)29)26(33)27(35)31-17(15-30)13-16-5-2-9-24(16)34/h3-4,6-8,10,14,16-17,26,32H,2,5,9,11-13H2,1H3,(H,31,35). The summed E-state index contributed by atoms with van der Waals surface area (Å²) in [5.41, 5.74) is 1.74. The molecule has 8 nitrogen and oxygen atoms in total. The van der Waals surface area contributed by atoms with Crippen molar-refractivity contribution in [1.29, 1.82) is 5.26 Å². The number of ketones is 1. The minimum Gasteiger partial charge on any atom is -0.496 e. The van der Waals surface area contributed by atoms with Crippen molar-refractivity contribution in [1.82, 2.24) is 15.2 Å². The van der Waals surface area contributed by atoms with Crippen molar-refractivity contribution in [2.75, 3.05) is 13.7 Å². The molecule has 5 rings (SSSR count). The van der Waals surface area contributed by atoms with Gasteiger partial charge in [0.25, 0.3) is 5.91 Å². The number of rotatable bonds is 6. The Balaban J connectivity index is 1.47. The molecule has 2 heterocycles. The van der Waals surface area contributed by atoms with Crippen LogP contribution >= 0.6 is 0 Å². The van der Waals surface area contributed by atoms with Crippen LogP contribution in [0.4, 0.5) is 4.39 Å². The Kier molecular flexibility index (Phi) is 6.66. The first-order valence-corrected chi connectivity index (χ1v) is 12.4. The third kappa shape index (κ3) is 4.55. The molecule has 37 heavy (non-hydrogen) atoms. The number of aromatic nitrogens is 1. The number of nitrogens with one attached hydrogen (secondary N) is 2. The second-order valence-electron chi connectivity index (χ2n) is 9.54. The molecule has 2 aromatic carbocycles. The molecule has 1 aromatic heterocycles. The second kappa shape index (κ2) is 10.1. The van der Waals surface area contributed by atoms with Gasteiger partial charge in [0.15, 0.2) is 0 Å². The van der Waals surface area contributed by atoms with E-state index in [4.69, 9.17) is 4.74 Å². The van der Waals surface area contributed by atoms with Crippen molar-refractivity contribution in [2.24, 2.45) is 5.92 Å². The minimum atomic E-state index is -1.13. The van der Waals surface area contributed by atoms with Crippen molar-refractivity contribution < 1.29 is 23.5 Å². The van der Waals surface area contributed by atoms with Crippen LogP contribution in [0.3, 0.4) is 0 Å². The number of Topliss-reactive ketones (excluding diaryl/α,β-unsaturated/α-hetero) is 1. The maximum Gasteiger partial charge on any atom is 0.271 e. The Morgan fingerprint density at radius 2 is 2.08 bits per heavy atom. The van der Waals surface area contributed by atoms with Crippen molar-refractivity contribution in [3.05, 3.63) is 65.1 Å². The summed E-state index contributed by atoms with van der Waals surface area (Å²) in [5, 5.41) is 13.2. The number of halogens is 1. The highest BCUT2D eigenvalue weighted by Gasteiger charge is 2.39. The lowest BCUT2D eigenvalue weighted by atomic mass is 9.90. The van der Waals surface area contributed by atoms with Crippen molar-refractivity contribution in [2.45, 2.75) is 44.2 Å². The first kappa shape index (κ1) is 24.5. The Labute approximate surface area is 213 Å². The molecule has 1 fully saturated rings. The number of H-pyrrole nitrogens is 1. The fraction of sp³-hybridized carbons (Fsp3) is 0.357. The average molecular weight is 503 g/mol. The molecule has 0 saturated heterocycles. The Morgan fingerprint density at radius 1 is 1.27 bits per heavy atom. The third-order valence-electron chi connectivity index (χ3n) is 7.37. The molecule has 1 aliphatic heterocycles. The molecule has 1 aliphatic carbocycles. The average Bonchev–Trinajstić information content (AvgIpc) is 3.53. The SMILES string of the molecule is COc1cccc2[nH]c(C(=O)N3CCc4c(F)cccc4C3C(=O)NC(C#N)CC3CCCC3=O)cc12. The van der Waals surface area contributed by atoms with E-state index in [-0.39, 0.29) is 36.8 Å². The fourth-order valence-electron chi connectivity index (χ4n) is 5.52. The number of benzene rings is 2. The molecule has 3 unspecified atom stereocenters. The lowest BCUT2D eigenvalue weighted by molar-refractivity contribution is -0.127. The van der Waals surface area contributed by atoms with E-state index < -0.39 is 29.7 Å². The van der Waals surface area contributed by atoms with Gasteiger partial charge in [0.05, 0.1) is 13.2 Å². The summed E-state index contributed by atoms with van der Waals surface area (Å²) < 4.78 is 20.1. The van der Waals surface area contributed by atoms with Crippen LogP contribution in [0.2, 0.25) is 0 Å². The number of hydrogen-bond donors (Lipinski definition) is 2. The molecule has 0 spiro atoms. The molecule has 0 radical (unpaired) electrons. The monoisotopic (exact) mass is 502 g/mol. The van der Waals surface area contributed by atoms with Gasteiger partial charge in [0, 0.05) is 29.8 Å². The van der Waals surface area contributed by atoms with Gasteiger partial charge < -0.3 is 19.9 Å². The minimum absolute atomic E-state index is 0.102. The van der Waals surface area contributed by atoms with Gasteiger partial charge in [0.1, 0.15) is 35.1 Å². The van der Waals surface area contributed by atoms with Crippen LogP contribution in [0.5, 0.6) is 5.75 Å². The molecule has 2 amide bonds. The van der Waals surface area contributed by atoms with E-state index in [1.807, 2.05) is 6.07 Å². The summed E-state index contributed by atoms with van der Waals surface area (Å²) in [6, 6.07) is 11.6. The number of nitrogens with zero attached hydrogens (tertiary/aromatic N) is 2. The summed E-state index contributed by atoms with van der Waals surface area (Å²) >= 11 is 0. The number of nitriles is 1. The molecular formula is C28H27FN4O4. The number of carbonyl (C=O) groups excluding carboxylic acids is 3. The maximum atomic E-state index is 14.7. The van der Waals surface area contributed by atoms with Gasteiger partial charge >= 0.3 is 0 Å². The predicted octanol–water partition coefficient (Wildman–Crippen LogP) is 3.82. The molecule has 190 valence electrons. The Bertz CT molecular complexity index is 1430. The smallest absolute Gasteiger partial charge is 0.271 e. The largest absolute Gasteiger partial charge is 0.496 e. The summed E-state index contributed by atoms with van der Waals surface area (Å²) in [6.45, 7) is 0.121. The van der Waals surface area contributed by atoms with Crippen LogP contribution in [0.1, 0.15) is 53.3 Å². The zero-order valence-corrected chi connectivity index (χ0v) is 20.4. The quantitative estimate of drug-likeness (QED) is 0.532. The van der Waals surface area contributed by atoms with E-state index in [0.717, 1.165) is 11.8 Å². The van der Waals surface area contributed by atoms with E-state index in [9.17, 15) is 24.0 Å². The number of carbonyl (C=O) groups is 3. The molecule has 2 aliphatic rings. The Hall–Kier alpha value is -4.19. The lowest BCUT2D eigenvalue weighted by Crippen LogP contribution is -2.49. The maximum absolute atomic E-state index is 14.7. The number of methoxy groups -OCH3 is 1. The molecule has 1 saturated carbocycles. The number of fused-ring (bicyclic) bond motifs is 2. The molecule has 3 atom stereocenters. The second-order valence-corrected chi connectivity index (χ2v) is 9.54. The summed E-state index contributed by atoms with van der Waals surface area (Å²) in [6.07, 6.45) is 2.43. The van der Waals surface area contributed by atoms with Crippen LogP contribution in [0.15, 0.2) is 42.5 Å². The highest BCUT2D eigenvalue weighted by molar-refractivity contribution is 6.02. The first-order valence-electron chi connectivity index (χ1n) is 12.4. The zero-order chi connectivity index (χ0) is 26.1. The topological polar surface area (TPSA) is 115 Å². The van der Waals surface area contributed by atoms with Crippen LogP contribution in [-0.2, 0) is 16.0 Å². The Morgan fingerprint density at radius 3 is 2.81 bits per heavy atom. The highest BCUT2D eigenvalue weighted by atomic mass is 19.1. The number of amides is 2. The molecular weight excluding hydrogens is 475 g/mol. The summed E-state index contributed by atoms with van der Waals surface area (Å²) in [4.78, 5) is 44.0. The van der Waals surface area contributed by atoms with E-state index >= 15 is 0 Å². The van der Waals surface area contributed by atoms with Gasteiger partial charge in [-0.25, -0.2) is 4.39 Å². The normalized spacial score (nSPS) is 19.8. The van der Waals surface area contributed by atoms with Gasteiger partial charge in [-0.2, -0.15) is 5.26 Å². The molecule has 0 bridgehead atoms. The van der Waals surface area contributed by atoms with E-state index in [1.165, 1.54) is 17.0 Å². The number of aromatic amines is 1. The number of hydrogen-bond acceptors (Lipinski definition) is 5. The van der Waals surface area contributed by atoms with Crippen LogP contribution < -0.4 is 10.1 Å². The van der Waals surface area contributed by atoms with Gasteiger partial charge in [-0.05, 0) is 61.1 Å². The van der Waals surface area contributed by atoms with Crippen molar-refractivity contribution in [3.8, 4) is 11.8 Å². The number of ether oxygens (including phenoxy) is 1. The lowest BCUT2D eigenvalue weighted by Gasteiger charge is -2.36. The van der Waals surface area contributed by atoms with Gasteiger partial charge in [0.2, 0.25) is 5.91 Å². The van der Waals surface area contributed by atoms with Gasteiger partial charge in [-0.3, -0.25) is 14.4 Å². The molecule has 2 N–H and O–H groups in total. The summed E-state index contributed by atoms with van der Waals surface area (Å²) in [7, 11) is 1.55. The van der Waals surface area contributed by atoms with Crippen molar-refractivity contribution >= 4 is 28.5 Å². The fourth-order valence-corrected chi connectivity index (χ4v) is 5.52. The first-order chi connectivity index (χ1) is 17.9. The van der Waals surface area contributed by atoms with Crippen LogP contribution in [0.25, 0.3) is 10.9 Å². The molecule has 9 heteroatoms. The van der Waals surface area contributed by atoms with Gasteiger partial charge in [-0.1, -0.05) is 18.2 Å². The van der Waals surface area contributed by atoms with Gasteiger partial charge in [-0.15, -0.1) is 0 Å².